The summed E-state index contributed by atoms with van der Waals surface area (Å²) in [6, 6.07) is 5.43. The first-order valence-electron chi connectivity index (χ1n) is 3.78. The molecule has 0 saturated carbocycles. The molecule has 0 unspecified atom stereocenters. The average Bonchev–Trinajstić information content (AvgIpc) is 2.11. The third kappa shape index (κ3) is 2.90. The van der Waals surface area contributed by atoms with Crippen molar-refractivity contribution in [2.45, 2.75) is 6.42 Å². The quantitative estimate of drug-likeness (QED) is 0.599. The molecule has 0 bridgehead atoms. The van der Waals surface area contributed by atoms with Gasteiger partial charge < -0.3 is 5.73 Å². The molecule has 0 aliphatic heterocycles. The second-order valence-corrected chi connectivity index (χ2v) is 3.45. The first-order chi connectivity index (χ1) is 6.13. The number of nitrogens with two attached hydrogens (primary N) is 1. The van der Waals surface area contributed by atoms with Gasteiger partial charge in [-0.1, -0.05) is 29.3 Å². The molecule has 1 rings (SSSR count). The molecule has 0 spiro atoms. The Morgan fingerprint density at radius 3 is 2.62 bits per heavy atom. The summed E-state index contributed by atoms with van der Waals surface area (Å²) in [6.45, 7) is 0. The molecule has 0 aliphatic carbocycles. The maximum Gasteiger partial charge on any atom is 0.0978 e. The van der Waals surface area contributed by atoms with Crippen molar-refractivity contribution in [1.82, 2.24) is 0 Å². The van der Waals surface area contributed by atoms with Gasteiger partial charge in [-0.25, -0.2) is 0 Å². The van der Waals surface area contributed by atoms with Gasteiger partial charge in [-0.05, 0) is 17.7 Å². The van der Waals surface area contributed by atoms with Gasteiger partial charge in [-0.2, -0.15) is 0 Å². The fraction of sp³-hybridized carbons (Fsp3) is 0.222. The van der Waals surface area contributed by atoms with Crippen LogP contribution in [0.3, 0.4) is 0 Å². The van der Waals surface area contributed by atoms with Gasteiger partial charge >= 0.3 is 0 Å². The summed E-state index contributed by atoms with van der Waals surface area (Å²) in [5.41, 5.74) is 6.58. The van der Waals surface area contributed by atoms with E-state index in [9.17, 15) is 0 Å². The highest BCUT2D eigenvalue weighted by molar-refractivity contribution is 6.42. The van der Waals surface area contributed by atoms with Crippen LogP contribution in [0.5, 0.6) is 0 Å². The summed E-state index contributed by atoms with van der Waals surface area (Å²) in [5, 5.41) is 1.10. The van der Waals surface area contributed by atoms with Crippen LogP contribution in [-0.4, -0.2) is 12.9 Å². The smallest absolute Gasteiger partial charge is 0.0978 e. The number of rotatable bonds is 2. The normalized spacial score (nSPS) is 11.8. The minimum Gasteiger partial charge on any atom is -0.387 e. The van der Waals surface area contributed by atoms with Gasteiger partial charge in [-0.15, -0.1) is 0 Å². The fourth-order valence-electron chi connectivity index (χ4n) is 0.938. The van der Waals surface area contributed by atoms with Crippen molar-refractivity contribution in [2.24, 2.45) is 10.7 Å². The molecule has 0 fully saturated rings. The lowest BCUT2D eigenvalue weighted by Crippen LogP contribution is -2.14. The minimum atomic E-state index is 0.545. The third-order valence-corrected chi connectivity index (χ3v) is 2.40. The lowest BCUT2D eigenvalue weighted by Gasteiger charge is -2.02. The molecule has 0 amide bonds. The maximum absolute atomic E-state index is 5.83. The van der Waals surface area contributed by atoms with Crippen LogP contribution in [0.2, 0.25) is 10.0 Å². The van der Waals surface area contributed by atoms with Crippen LogP contribution in [0.25, 0.3) is 0 Å². The molecule has 4 heteroatoms. The second kappa shape index (κ2) is 4.49. The van der Waals surface area contributed by atoms with E-state index in [-0.39, 0.29) is 0 Å². The molecule has 0 atom stereocenters. The lowest BCUT2D eigenvalue weighted by atomic mass is 10.1. The molecule has 0 heterocycles. The molecule has 2 nitrogen and oxygen atoms in total. The van der Waals surface area contributed by atoms with Crippen LogP contribution in [-0.2, 0) is 6.42 Å². The zero-order valence-corrected chi connectivity index (χ0v) is 8.73. The standard InChI is InChI=1S/C9H10Cl2N2/c1-13-9(12)5-6-2-3-7(10)8(11)4-6/h2-4H,5H2,1H3,(H2,12,13). The van der Waals surface area contributed by atoms with Crippen LogP contribution in [0.4, 0.5) is 0 Å². The molecular weight excluding hydrogens is 207 g/mol. The van der Waals surface area contributed by atoms with Crippen molar-refractivity contribution in [1.29, 1.82) is 0 Å². The van der Waals surface area contributed by atoms with Crippen molar-refractivity contribution >= 4 is 29.0 Å². The SMILES string of the molecule is CN=C(N)Cc1ccc(Cl)c(Cl)c1. The Labute approximate surface area is 87.4 Å². The number of hydrogen-bond donors (Lipinski definition) is 1. The highest BCUT2D eigenvalue weighted by Crippen LogP contribution is 2.22. The average molecular weight is 217 g/mol. The number of nitrogens with zero attached hydrogens (tertiary/aromatic N) is 1. The van der Waals surface area contributed by atoms with E-state index >= 15 is 0 Å². The Morgan fingerprint density at radius 2 is 2.08 bits per heavy atom. The zero-order chi connectivity index (χ0) is 9.84. The molecule has 0 radical (unpaired) electrons. The van der Waals surface area contributed by atoms with Gasteiger partial charge in [0, 0.05) is 13.5 Å². The van der Waals surface area contributed by atoms with Crippen LogP contribution in [0, 0.1) is 0 Å². The van der Waals surface area contributed by atoms with Crippen LogP contribution < -0.4 is 5.73 Å². The van der Waals surface area contributed by atoms with Crippen molar-refractivity contribution in [2.75, 3.05) is 7.05 Å². The van der Waals surface area contributed by atoms with E-state index in [4.69, 9.17) is 28.9 Å². The van der Waals surface area contributed by atoms with Gasteiger partial charge in [0.2, 0.25) is 0 Å². The molecule has 1 aromatic carbocycles. The molecule has 0 aliphatic rings. The van der Waals surface area contributed by atoms with Crippen molar-refractivity contribution in [3.05, 3.63) is 33.8 Å². The van der Waals surface area contributed by atoms with E-state index in [1.807, 2.05) is 6.07 Å². The summed E-state index contributed by atoms with van der Waals surface area (Å²) < 4.78 is 0. The highest BCUT2D eigenvalue weighted by Gasteiger charge is 2.00. The van der Waals surface area contributed by atoms with Crippen molar-refractivity contribution in [3.63, 3.8) is 0 Å². The lowest BCUT2D eigenvalue weighted by molar-refractivity contribution is 1.25. The largest absolute Gasteiger partial charge is 0.387 e. The number of halogens is 2. The Kier molecular flexibility index (Phi) is 3.58. The summed E-state index contributed by atoms with van der Waals surface area (Å²) in [4.78, 5) is 3.85. The summed E-state index contributed by atoms with van der Waals surface area (Å²) in [7, 11) is 1.66. The van der Waals surface area contributed by atoms with Gasteiger partial charge in [-0.3, -0.25) is 4.99 Å². The van der Waals surface area contributed by atoms with E-state index in [1.165, 1.54) is 0 Å². The number of benzene rings is 1. The molecule has 1 aromatic rings. The molecular formula is C9H10Cl2N2. The van der Waals surface area contributed by atoms with E-state index < -0.39 is 0 Å². The zero-order valence-electron chi connectivity index (χ0n) is 7.22. The first-order valence-corrected chi connectivity index (χ1v) is 4.54. The van der Waals surface area contributed by atoms with Gasteiger partial charge in [0.05, 0.1) is 15.9 Å². The van der Waals surface area contributed by atoms with Crippen molar-refractivity contribution in [3.8, 4) is 0 Å². The Bertz CT molecular complexity index is 334. The molecule has 0 aromatic heterocycles. The predicted octanol–water partition coefficient (Wildman–Crippen LogP) is 2.52. The predicted molar refractivity (Wildman–Crippen MR) is 57.7 cm³/mol. The summed E-state index contributed by atoms with van der Waals surface area (Å²) in [6.07, 6.45) is 0.605. The Balaban J connectivity index is 2.86. The number of amidine groups is 1. The maximum atomic E-state index is 5.83. The summed E-state index contributed by atoms with van der Waals surface area (Å²) in [5.74, 6) is 0.582. The molecule has 0 saturated heterocycles. The van der Waals surface area contributed by atoms with Crippen molar-refractivity contribution < 1.29 is 0 Å². The number of aliphatic imine (C=N–C) groups is 1. The van der Waals surface area contributed by atoms with E-state index in [0.29, 0.717) is 22.3 Å². The van der Waals surface area contributed by atoms with E-state index in [1.54, 1.807) is 19.2 Å². The Morgan fingerprint density at radius 1 is 1.38 bits per heavy atom. The fourth-order valence-corrected chi connectivity index (χ4v) is 1.26. The summed E-state index contributed by atoms with van der Waals surface area (Å²) >= 11 is 11.6. The van der Waals surface area contributed by atoms with Gasteiger partial charge in [0.15, 0.2) is 0 Å². The van der Waals surface area contributed by atoms with Crippen LogP contribution in [0.1, 0.15) is 5.56 Å². The van der Waals surface area contributed by atoms with E-state index in [0.717, 1.165) is 5.56 Å². The van der Waals surface area contributed by atoms with Crippen LogP contribution >= 0.6 is 23.2 Å². The van der Waals surface area contributed by atoms with E-state index in [2.05, 4.69) is 4.99 Å². The number of hydrogen-bond acceptors (Lipinski definition) is 1. The monoisotopic (exact) mass is 216 g/mol. The van der Waals surface area contributed by atoms with Gasteiger partial charge in [0.25, 0.3) is 0 Å². The highest BCUT2D eigenvalue weighted by atomic mass is 35.5. The molecule has 13 heavy (non-hydrogen) atoms. The minimum absolute atomic E-state index is 0.545. The Hall–Kier alpha value is -0.730. The molecule has 2 N–H and O–H groups in total. The topological polar surface area (TPSA) is 38.4 Å². The second-order valence-electron chi connectivity index (χ2n) is 2.64. The van der Waals surface area contributed by atoms with Gasteiger partial charge in [0.1, 0.15) is 0 Å². The van der Waals surface area contributed by atoms with Crippen LogP contribution in [0.15, 0.2) is 23.2 Å². The first kappa shape index (κ1) is 10.4. The molecule has 70 valence electrons. The third-order valence-electron chi connectivity index (χ3n) is 1.66.